The second-order valence-electron chi connectivity index (χ2n) is 4.43. The third-order valence-electron chi connectivity index (χ3n) is 2.93. The zero-order valence-electron chi connectivity index (χ0n) is 11.8. The number of hydrogen-bond donors (Lipinski definition) is 2. The number of rotatable bonds is 3. The van der Waals surface area contributed by atoms with Crippen molar-refractivity contribution in [3.8, 4) is 11.8 Å². The van der Waals surface area contributed by atoms with E-state index in [9.17, 15) is 4.79 Å². The van der Waals surface area contributed by atoms with E-state index in [1.54, 1.807) is 12.3 Å². The molecule has 0 aliphatic carbocycles. The summed E-state index contributed by atoms with van der Waals surface area (Å²) in [6, 6.07) is 9.36. The highest BCUT2D eigenvalue weighted by atomic mass is 16.2. The van der Waals surface area contributed by atoms with Gasteiger partial charge in [-0.15, -0.1) is 0 Å². The van der Waals surface area contributed by atoms with Crippen LogP contribution < -0.4 is 5.32 Å². The lowest BCUT2D eigenvalue weighted by atomic mass is 10.1. The molecule has 1 aromatic carbocycles. The molecule has 2 rings (SSSR count). The van der Waals surface area contributed by atoms with Crippen LogP contribution in [0.5, 0.6) is 0 Å². The minimum absolute atomic E-state index is 0.222. The monoisotopic (exact) mass is 280 g/mol. The SMILES string of the molecule is CCc1ccc(NC(=O)c2cncc(C#CCO)c2)cc1. The molecule has 21 heavy (non-hydrogen) atoms. The second-order valence-corrected chi connectivity index (χ2v) is 4.43. The Labute approximate surface area is 123 Å². The molecular weight excluding hydrogens is 264 g/mol. The molecule has 1 amide bonds. The number of aromatic nitrogens is 1. The molecule has 4 nitrogen and oxygen atoms in total. The normalized spacial score (nSPS) is 9.62. The summed E-state index contributed by atoms with van der Waals surface area (Å²) in [7, 11) is 0. The Balaban J connectivity index is 2.12. The third-order valence-corrected chi connectivity index (χ3v) is 2.93. The molecule has 0 bridgehead atoms. The Bertz CT molecular complexity index is 682. The van der Waals surface area contributed by atoms with Crippen LogP contribution in [0, 0.1) is 11.8 Å². The fraction of sp³-hybridized carbons (Fsp3) is 0.176. The van der Waals surface area contributed by atoms with Gasteiger partial charge >= 0.3 is 0 Å². The summed E-state index contributed by atoms with van der Waals surface area (Å²) in [6.07, 6.45) is 4.00. The number of nitrogens with one attached hydrogen (secondary N) is 1. The minimum Gasteiger partial charge on any atom is -0.384 e. The summed E-state index contributed by atoms with van der Waals surface area (Å²) in [4.78, 5) is 16.1. The van der Waals surface area contributed by atoms with Gasteiger partial charge in [0.05, 0.1) is 5.56 Å². The molecule has 0 fully saturated rings. The summed E-state index contributed by atoms with van der Waals surface area (Å²) < 4.78 is 0. The zero-order valence-corrected chi connectivity index (χ0v) is 11.8. The number of benzene rings is 1. The first-order chi connectivity index (χ1) is 10.2. The van der Waals surface area contributed by atoms with Gasteiger partial charge in [-0.1, -0.05) is 30.9 Å². The van der Waals surface area contributed by atoms with Gasteiger partial charge in [-0.05, 0) is 30.2 Å². The number of aliphatic hydroxyl groups excluding tert-OH is 1. The summed E-state index contributed by atoms with van der Waals surface area (Å²) in [5.41, 5.74) is 2.98. The molecule has 0 saturated carbocycles. The van der Waals surface area contributed by atoms with Crippen LogP contribution in [-0.2, 0) is 6.42 Å². The standard InChI is InChI=1S/C17H16N2O2/c1-2-13-5-7-16(8-6-13)19-17(21)15-10-14(4-3-9-20)11-18-12-15/h5-8,10-12,20H,2,9H2,1H3,(H,19,21). The molecule has 0 saturated heterocycles. The number of carbonyl (C=O) groups excluding carboxylic acids is 1. The van der Waals surface area contributed by atoms with Crippen molar-refractivity contribution in [2.24, 2.45) is 0 Å². The van der Waals surface area contributed by atoms with Crippen LogP contribution in [0.25, 0.3) is 0 Å². The highest BCUT2D eigenvalue weighted by Crippen LogP contribution is 2.12. The smallest absolute Gasteiger partial charge is 0.257 e. The lowest BCUT2D eigenvalue weighted by Gasteiger charge is -2.06. The third kappa shape index (κ3) is 4.16. The molecule has 2 N–H and O–H groups in total. The van der Waals surface area contributed by atoms with Gasteiger partial charge in [0.2, 0.25) is 0 Å². The lowest BCUT2D eigenvalue weighted by molar-refractivity contribution is 0.102. The van der Waals surface area contributed by atoms with E-state index in [0.717, 1.165) is 12.1 Å². The predicted molar refractivity (Wildman–Crippen MR) is 82.0 cm³/mol. The molecule has 2 aromatic rings. The highest BCUT2D eigenvalue weighted by molar-refractivity contribution is 6.04. The van der Waals surface area contributed by atoms with E-state index >= 15 is 0 Å². The van der Waals surface area contributed by atoms with E-state index in [1.165, 1.54) is 11.8 Å². The number of pyridine rings is 1. The molecule has 0 radical (unpaired) electrons. The molecule has 0 atom stereocenters. The number of nitrogens with zero attached hydrogens (tertiary/aromatic N) is 1. The van der Waals surface area contributed by atoms with E-state index in [1.807, 2.05) is 24.3 Å². The van der Waals surface area contributed by atoms with Gasteiger partial charge in [-0.3, -0.25) is 9.78 Å². The van der Waals surface area contributed by atoms with E-state index < -0.39 is 0 Å². The van der Waals surface area contributed by atoms with Gasteiger partial charge < -0.3 is 10.4 Å². The molecule has 0 unspecified atom stereocenters. The Morgan fingerprint density at radius 1 is 1.29 bits per heavy atom. The maximum Gasteiger partial charge on any atom is 0.257 e. The number of hydrogen-bond acceptors (Lipinski definition) is 3. The Morgan fingerprint density at radius 3 is 2.71 bits per heavy atom. The number of carbonyl (C=O) groups is 1. The maximum atomic E-state index is 12.1. The van der Waals surface area contributed by atoms with E-state index in [-0.39, 0.29) is 12.5 Å². The fourth-order valence-electron chi connectivity index (χ4n) is 1.80. The number of aryl methyl sites for hydroxylation is 1. The first kappa shape index (κ1) is 14.8. The molecule has 0 aliphatic rings. The van der Waals surface area contributed by atoms with Gasteiger partial charge in [-0.25, -0.2) is 0 Å². The topological polar surface area (TPSA) is 62.2 Å². The maximum absolute atomic E-state index is 12.1. The van der Waals surface area contributed by atoms with Crippen LogP contribution in [0.2, 0.25) is 0 Å². The van der Waals surface area contributed by atoms with Gasteiger partial charge in [0.25, 0.3) is 5.91 Å². The average molecular weight is 280 g/mol. The molecule has 0 spiro atoms. The molecule has 1 aromatic heterocycles. The van der Waals surface area contributed by atoms with E-state index in [0.29, 0.717) is 11.1 Å². The van der Waals surface area contributed by atoms with Crippen molar-refractivity contribution in [3.63, 3.8) is 0 Å². The minimum atomic E-state index is -0.237. The van der Waals surface area contributed by atoms with Gasteiger partial charge in [0.15, 0.2) is 0 Å². The van der Waals surface area contributed by atoms with Crippen molar-refractivity contribution in [1.29, 1.82) is 0 Å². The summed E-state index contributed by atoms with van der Waals surface area (Å²) in [5.74, 6) is 5.02. The van der Waals surface area contributed by atoms with Crippen molar-refractivity contribution in [3.05, 3.63) is 59.4 Å². The quantitative estimate of drug-likeness (QED) is 0.848. The Kier molecular flexibility index (Phi) is 5.08. The molecule has 0 aliphatic heterocycles. The van der Waals surface area contributed by atoms with Crippen LogP contribution in [-0.4, -0.2) is 22.6 Å². The van der Waals surface area contributed by atoms with Gasteiger partial charge in [0.1, 0.15) is 6.61 Å². The van der Waals surface area contributed by atoms with Crippen LogP contribution in [0.1, 0.15) is 28.4 Å². The van der Waals surface area contributed by atoms with Crippen LogP contribution in [0.4, 0.5) is 5.69 Å². The van der Waals surface area contributed by atoms with Crippen LogP contribution >= 0.6 is 0 Å². The fourth-order valence-corrected chi connectivity index (χ4v) is 1.80. The summed E-state index contributed by atoms with van der Waals surface area (Å²) in [5, 5.41) is 11.5. The van der Waals surface area contributed by atoms with Crippen molar-refractivity contribution in [2.45, 2.75) is 13.3 Å². The predicted octanol–water partition coefficient (Wildman–Crippen LogP) is 2.24. The molecule has 4 heteroatoms. The first-order valence-corrected chi connectivity index (χ1v) is 6.68. The van der Waals surface area contributed by atoms with Crippen molar-refractivity contribution >= 4 is 11.6 Å². The number of amides is 1. The largest absolute Gasteiger partial charge is 0.384 e. The van der Waals surface area contributed by atoms with Crippen molar-refractivity contribution in [2.75, 3.05) is 11.9 Å². The highest BCUT2D eigenvalue weighted by Gasteiger charge is 2.07. The summed E-state index contributed by atoms with van der Waals surface area (Å²) >= 11 is 0. The number of anilines is 1. The van der Waals surface area contributed by atoms with E-state index in [4.69, 9.17) is 5.11 Å². The average Bonchev–Trinajstić information content (AvgIpc) is 2.54. The zero-order chi connectivity index (χ0) is 15.1. The van der Waals surface area contributed by atoms with Crippen molar-refractivity contribution in [1.82, 2.24) is 4.98 Å². The van der Waals surface area contributed by atoms with Crippen molar-refractivity contribution < 1.29 is 9.90 Å². The first-order valence-electron chi connectivity index (χ1n) is 6.68. The molecule has 1 heterocycles. The number of aliphatic hydroxyl groups is 1. The van der Waals surface area contributed by atoms with Gasteiger partial charge in [-0.2, -0.15) is 0 Å². The molecule has 106 valence electrons. The van der Waals surface area contributed by atoms with Crippen LogP contribution in [0.3, 0.4) is 0 Å². The van der Waals surface area contributed by atoms with Crippen LogP contribution in [0.15, 0.2) is 42.7 Å². The Hall–Kier alpha value is -2.64. The second kappa shape index (κ2) is 7.22. The molecular formula is C17H16N2O2. The Morgan fingerprint density at radius 2 is 2.05 bits per heavy atom. The van der Waals surface area contributed by atoms with E-state index in [2.05, 4.69) is 29.1 Å². The summed E-state index contributed by atoms with van der Waals surface area (Å²) in [6.45, 7) is 1.86. The van der Waals surface area contributed by atoms with Gasteiger partial charge in [0, 0.05) is 23.6 Å². The lowest BCUT2D eigenvalue weighted by Crippen LogP contribution is -2.12.